The van der Waals surface area contributed by atoms with Crippen LogP contribution in [0.4, 0.5) is 5.69 Å². The summed E-state index contributed by atoms with van der Waals surface area (Å²) in [6.07, 6.45) is 0.734. The monoisotopic (exact) mass is 413 g/mol. The third-order valence-electron chi connectivity index (χ3n) is 4.05. The number of anilines is 1. The van der Waals surface area contributed by atoms with Crippen LogP contribution >= 0.6 is 11.6 Å². The molecule has 0 saturated heterocycles. The molecule has 9 heteroatoms. The van der Waals surface area contributed by atoms with Crippen molar-refractivity contribution in [3.05, 3.63) is 34.9 Å². The molecule has 27 heavy (non-hydrogen) atoms. The minimum Gasteiger partial charge on any atom is -0.493 e. The second-order valence-corrected chi connectivity index (χ2v) is 7.97. The van der Waals surface area contributed by atoms with Crippen LogP contribution in [0.15, 0.2) is 29.2 Å². The summed E-state index contributed by atoms with van der Waals surface area (Å²) < 4.78 is 50.0. The molecule has 2 aromatic rings. The summed E-state index contributed by atoms with van der Waals surface area (Å²) in [4.78, 5) is 0.0586. The minimum atomic E-state index is -3.93. The Bertz CT molecular complexity index is 961. The molecule has 0 unspecified atom stereocenters. The van der Waals surface area contributed by atoms with Crippen molar-refractivity contribution in [3.8, 4) is 23.0 Å². The van der Waals surface area contributed by atoms with Crippen molar-refractivity contribution < 1.29 is 27.4 Å². The molecule has 1 N–H and O–H groups in total. The number of hydrogen-bond donors (Lipinski definition) is 1. The van der Waals surface area contributed by atoms with Crippen LogP contribution in [0.1, 0.15) is 12.0 Å². The fourth-order valence-corrected chi connectivity index (χ4v) is 4.28. The Balaban J connectivity index is 1.99. The molecule has 0 amide bonds. The van der Waals surface area contributed by atoms with Crippen molar-refractivity contribution in [2.45, 2.75) is 18.2 Å². The molecule has 2 aromatic carbocycles. The fourth-order valence-electron chi connectivity index (χ4n) is 2.71. The van der Waals surface area contributed by atoms with Crippen LogP contribution in [0, 0.1) is 6.92 Å². The van der Waals surface area contributed by atoms with Crippen molar-refractivity contribution in [3.63, 3.8) is 0 Å². The lowest BCUT2D eigenvalue weighted by Crippen LogP contribution is -2.15. The Morgan fingerprint density at radius 1 is 1.00 bits per heavy atom. The zero-order valence-corrected chi connectivity index (χ0v) is 16.7. The number of methoxy groups -OCH3 is 2. The van der Waals surface area contributed by atoms with E-state index in [4.69, 9.17) is 30.5 Å². The zero-order chi connectivity index (χ0) is 19.6. The number of benzene rings is 2. The molecule has 7 nitrogen and oxygen atoms in total. The summed E-state index contributed by atoms with van der Waals surface area (Å²) in [7, 11) is -0.997. The number of halogens is 1. The first kappa shape index (κ1) is 19.4. The summed E-state index contributed by atoms with van der Waals surface area (Å²) in [5.41, 5.74) is 0.709. The average Bonchev–Trinajstić information content (AvgIpc) is 2.86. The lowest BCUT2D eigenvalue weighted by molar-refractivity contribution is 0.297. The summed E-state index contributed by atoms with van der Waals surface area (Å²) in [6.45, 7) is 2.67. The van der Waals surface area contributed by atoms with Gasteiger partial charge in [0.25, 0.3) is 10.0 Å². The largest absolute Gasteiger partial charge is 0.493 e. The molecule has 0 saturated carbocycles. The molecule has 1 aliphatic heterocycles. The molecular weight excluding hydrogens is 394 g/mol. The Morgan fingerprint density at radius 2 is 1.59 bits per heavy atom. The highest BCUT2D eigenvalue weighted by Gasteiger charge is 2.23. The van der Waals surface area contributed by atoms with Crippen LogP contribution in [0.3, 0.4) is 0 Å². The van der Waals surface area contributed by atoms with Crippen LogP contribution in [0.25, 0.3) is 0 Å². The molecule has 0 fully saturated rings. The maximum absolute atomic E-state index is 12.9. The van der Waals surface area contributed by atoms with Gasteiger partial charge in [-0.2, -0.15) is 0 Å². The molecule has 0 atom stereocenters. The molecule has 0 radical (unpaired) electrons. The van der Waals surface area contributed by atoms with Crippen molar-refractivity contribution in [1.29, 1.82) is 0 Å². The molecule has 3 rings (SSSR count). The molecule has 0 bridgehead atoms. The zero-order valence-electron chi connectivity index (χ0n) is 15.2. The van der Waals surface area contributed by atoms with Gasteiger partial charge in [0.05, 0.1) is 43.0 Å². The highest BCUT2D eigenvalue weighted by atomic mass is 35.5. The van der Waals surface area contributed by atoms with E-state index in [0.29, 0.717) is 41.8 Å². The third-order valence-corrected chi connectivity index (χ3v) is 5.87. The maximum Gasteiger partial charge on any atom is 0.262 e. The molecule has 0 aromatic heterocycles. The lowest BCUT2D eigenvalue weighted by Gasteiger charge is -2.16. The average molecular weight is 414 g/mol. The van der Waals surface area contributed by atoms with E-state index in [-0.39, 0.29) is 15.6 Å². The predicted octanol–water partition coefficient (Wildman–Crippen LogP) is 3.63. The van der Waals surface area contributed by atoms with E-state index in [0.717, 1.165) is 6.42 Å². The van der Waals surface area contributed by atoms with Gasteiger partial charge in [-0.25, -0.2) is 8.42 Å². The first-order valence-corrected chi connectivity index (χ1v) is 10.1. The second-order valence-electron chi connectivity index (χ2n) is 5.91. The number of sulfonamides is 1. The standard InChI is InChI=1S/C18H20ClNO6S/c1-11-7-14(23-2)15(24-3)10-18(11)27(21,22)20-13-9-17-16(8-12(13)19)25-5-4-6-26-17/h7-10,20H,4-6H2,1-3H3. The van der Waals surface area contributed by atoms with E-state index in [9.17, 15) is 8.42 Å². The second kappa shape index (κ2) is 7.74. The third kappa shape index (κ3) is 4.01. The molecule has 1 aliphatic rings. The number of nitrogens with one attached hydrogen (secondary N) is 1. The normalized spacial score (nSPS) is 13.6. The van der Waals surface area contributed by atoms with Crippen LogP contribution in [-0.4, -0.2) is 35.9 Å². The molecule has 1 heterocycles. The van der Waals surface area contributed by atoms with Crippen LogP contribution < -0.4 is 23.7 Å². The topological polar surface area (TPSA) is 83.1 Å². The number of aryl methyl sites for hydroxylation is 1. The highest BCUT2D eigenvalue weighted by molar-refractivity contribution is 7.92. The van der Waals surface area contributed by atoms with Crippen LogP contribution in [-0.2, 0) is 10.0 Å². The van der Waals surface area contributed by atoms with Gasteiger partial charge < -0.3 is 18.9 Å². The first-order valence-electron chi connectivity index (χ1n) is 8.20. The van der Waals surface area contributed by atoms with E-state index in [1.165, 1.54) is 26.4 Å². The SMILES string of the molecule is COc1cc(C)c(S(=O)(=O)Nc2cc3c(cc2Cl)OCCCO3)cc1OC. The fraction of sp³-hybridized carbons (Fsp3) is 0.333. The lowest BCUT2D eigenvalue weighted by atomic mass is 10.2. The first-order chi connectivity index (χ1) is 12.9. The summed E-state index contributed by atoms with van der Waals surface area (Å²) in [6, 6.07) is 6.08. The number of rotatable bonds is 5. The summed E-state index contributed by atoms with van der Waals surface area (Å²) in [5.74, 6) is 1.69. The van der Waals surface area contributed by atoms with Gasteiger partial charge in [-0.05, 0) is 18.6 Å². The van der Waals surface area contributed by atoms with Gasteiger partial charge in [-0.1, -0.05) is 11.6 Å². The number of fused-ring (bicyclic) bond motifs is 1. The highest BCUT2D eigenvalue weighted by Crippen LogP contribution is 2.39. The van der Waals surface area contributed by atoms with E-state index in [1.54, 1.807) is 19.1 Å². The van der Waals surface area contributed by atoms with E-state index in [2.05, 4.69) is 4.72 Å². The van der Waals surface area contributed by atoms with E-state index < -0.39 is 10.0 Å². The van der Waals surface area contributed by atoms with E-state index >= 15 is 0 Å². The Labute approximate surface area is 163 Å². The van der Waals surface area contributed by atoms with Gasteiger partial charge in [0.15, 0.2) is 23.0 Å². The van der Waals surface area contributed by atoms with Crippen LogP contribution in [0.5, 0.6) is 23.0 Å². The number of ether oxygens (including phenoxy) is 4. The van der Waals surface area contributed by atoms with Gasteiger partial charge in [-0.3, -0.25) is 4.72 Å². The van der Waals surface area contributed by atoms with Gasteiger partial charge in [-0.15, -0.1) is 0 Å². The van der Waals surface area contributed by atoms with Crippen molar-refractivity contribution in [2.24, 2.45) is 0 Å². The van der Waals surface area contributed by atoms with Crippen molar-refractivity contribution in [2.75, 3.05) is 32.2 Å². The maximum atomic E-state index is 12.9. The Morgan fingerprint density at radius 3 is 2.22 bits per heavy atom. The van der Waals surface area contributed by atoms with Crippen LogP contribution in [0.2, 0.25) is 5.02 Å². The van der Waals surface area contributed by atoms with Gasteiger partial charge in [0.2, 0.25) is 0 Å². The smallest absolute Gasteiger partial charge is 0.262 e. The Hall–Kier alpha value is -2.32. The van der Waals surface area contributed by atoms with Gasteiger partial charge in [0.1, 0.15) is 0 Å². The molecule has 146 valence electrons. The molecular formula is C18H20ClNO6S. The van der Waals surface area contributed by atoms with E-state index in [1.807, 2.05) is 0 Å². The van der Waals surface area contributed by atoms with Gasteiger partial charge >= 0.3 is 0 Å². The minimum absolute atomic E-state index is 0.0586. The summed E-state index contributed by atoms with van der Waals surface area (Å²) >= 11 is 6.25. The molecule has 0 aliphatic carbocycles. The Kier molecular flexibility index (Phi) is 5.57. The van der Waals surface area contributed by atoms with Crippen molar-refractivity contribution >= 4 is 27.3 Å². The van der Waals surface area contributed by atoms with Gasteiger partial charge in [0, 0.05) is 24.6 Å². The van der Waals surface area contributed by atoms with Crippen molar-refractivity contribution in [1.82, 2.24) is 0 Å². The molecule has 0 spiro atoms. The summed E-state index contributed by atoms with van der Waals surface area (Å²) in [5, 5.41) is 0.209. The predicted molar refractivity (Wildman–Crippen MR) is 102 cm³/mol. The quantitative estimate of drug-likeness (QED) is 0.805. The number of hydrogen-bond acceptors (Lipinski definition) is 6.